The number of epoxide rings is 1. The molecule has 1 aliphatic heterocycles. The molecule has 1 fully saturated rings. The molecule has 0 saturated carbocycles. The summed E-state index contributed by atoms with van der Waals surface area (Å²) in [7, 11) is 2.38. The molecule has 1 unspecified atom stereocenters. The molecule has 1 atom stereocenters. The van der Waals surface area contributed by atoms with E-state index in [0.717, 1.165) is 25.6 Å². The van der Waals surface area contributed by atoms with Gasteiger partial charge in [-0.2, -0.15) is 0 Å². The predicted octanol–water partition coefficient (Wildman–Crippen LogP) is 1.03. The number of nitrogens with zero attached hydrogens (tertiary/aromatic N) is 1. The largest absolute Gasteiger partial charge is 0.500 e. The molecule has 6 nitrogen and oxygen atoms in total. The highest BCUT2D eigenvalue weighted by Gasteiger charge is 2.37. The predicted molar refractivity (Wildman–Crippen MR) is 68.8 cm³/mol. The summed E-state index contributed by atoms with van der Waals surface area (Å²) in [5.41, 5.74) is 0. The van der Waals surface area contributed by atoms with E-state index in [0.29, 0.717) is 6.61 Å². The smallest absolute Gasteiger partial charge is 0.377 e. The lowest BCUT2D eigenvalue weighted by Crippen LogP contribution is -2.43. The summed E-state index contributed by atoms with van der Waals surface area (Å²) >= 11 is 0. The Hall–Kier alpha value is -0.443. The maximum atomic E-state index is 5.51. The Bertz CT molecular complexity index is 237. The van der Waals surface area contributed by atoms with Crippen LogP contribution in [0.15, 0.2) is 12.8 Å². The van der Waals surface area contributed by atoms with Crippen LogP contribution in [0.3, 0.4) is 0 Å². The molecule has 1 heterocycles. The Labute approximate surface area is 110 Å². The van der Waals surface area contributed by atoms with Gasteiger partial charge in [-0.25, -0.2) is 0 Å². The number of ether oxygens (including phenoxy) is 1. The third kappa shape index (κ3) is 5.05. The molecule has 0 aliphatic carbocycles. The Balaban J connectivity index is 2.21. The maximum absolute atomic E-state index is 5.51. The number of hydrogen-bond acceptors (Lipinski definition) is 6. The van der Waals surface area contributed by atoms with Gasteiger partial charge < -0.3 is 18.0 Å². The van der Waals surface area contributed by atoms with Gasteiger partial charge in [0.25, 0.3) is 0 Å². The van der Waals surface area contributed by atoms with E-state index in [2.05, 4.69) is 6.58 Å². The number of rotatable bonds is 11. The van der Waals surface area contributed by atoms with E-state index in [1.54, 1.807) is 32.6 Å². The normalized spacial score (nSPS) is 18.7. The highest BCUT2D eigenvalue weighted by molar-refractivity contribution is 6.60. The van der Waals surface area contributed by atoms with Gasteiger partial charge >= 0.3 is 8.80 Å². The molecule has 106 valence electrons. The Morgan fingerprint density at radius 2 is 1.94 bits per heavy atom. The van der Waals surface area contributed by atoms with Crippen molar-refractivity contribution in [2.24, 2.45) is 0 Å². The first-order chi connectivity index (χ1) is 8.69. The van der Waals surface area contributed by atoms with Crippen molar-refractivity contribution in [2.75, 3.05) is 41.1 Å². The van der Waals surface area contributed by atoms with Gasteiger partial charge in [-0.3, -0.25) is 9.90 Å². The van der Waals surface area contributed by atoms with Crippen LogP contribution in [-0.4, -0.2) is 61.1 Å². The molecule has 1 aliphatic rings. The SMILES string of the molecule is C=CN(CCC[Si](OC)(OC)OC)OCC1CO1. The van der Waals surface area contributed by atoms with Crippen LogP contribution in [0, 0.1) is 0 Å². The van der Waals surface area contributed by atoms with Crippen LogP contribution < -0.4 is 0 Å². The van der Waals surface area contributed by atoms with E-state index in [4.69, 9.17) is 22.9 Å². The second kappa shape index (κ2) is 7.88. The Kier molecular flexibility index (Phi) is 6.83. The minimum atomic E-state index is -2.47. The highest BCUT2D eigenvalue weighted by atomic mass is 28.4. The molecule has 1 rings (SSSR count). The second-order valence-corrected chi connectivity index (χ2v) is 7.06. The van der Waals surface area contributed by atoms with Crippen molar-refractivity contribution in [1.82, 2.24) is 5.06 Å². The van der Waals surface area contributed by atoms with Crippen LogP contribution in [-0.2, 0) is 22.9 Å². The van der Waals surface area contributed by atoms with Gasteiger partial charge in [0.05, 0.1) is 6.61 Å². The van der Waals surface area contributed by atoms with Crippen molar-refractivity contribution in [1.29, 1.82) is 0 Å². The summed E-state index contributed by atoms with van der Waals surface area (Å²) in [6.45, 7) is 5.80. The lowest BCUT2D eigenvalue weighted by molar-refractivity contribution is -0.124. The molecule has 7 heteroatoms. The van der Waals surface area contributed by atoms with Gasteiger partial charge in [0, 0.05) is 40.1 Å². The first kappa shape index (κ1) is 15.6. The van der Waals surface area contributed by atoms with Gasteiger partial charge in [0.2, 0.25) is 0 Å². The van der Waals surface area contributed by atoms with Crippen molar-refractivity contribution in [3.63, 3.8) is 0 Å². The van der Waals surface area contributed by atoms with Gasteiger partial charge in [-0.05, 0) is 6.42 Å². The van der Waals surface area contributed by atoms with E-state index in [1.807, 2.05) is 0 Å². The molecule has 0 bridgehead atoms. The third-order valence-corrected chi connectivity index (χ3v) is 5.66. The summed E-state index contributed by atoms with van der Waals surface area (Å²) in [6, 6.07) is 0.740. The molecule has 0 aromatic carbocycles. The minimum absolute atomic E-state index is 0.248. The first-order valence-corrected chi connectivity index (χ1v) is 7.92. The molecule has 0 spiro atoms. The summed E-state index contributed by atoms with van der Waals surface area (Å²) in [4.78, 5) is 5.51. The van der Waals surface area contributed by atoms with Gasteiger partial charge in [-0.15, -0.1) is 0 Å². The maximum Gasteiger partial charge on any atom is 0.500 e. The quantitative estimate of drug-likeness (QED) is 0.319. The standard InChI is InChI=1S/C11H23NO5Si/c1-5-12(17-10-11-9-16-11)7-6-8-18(13-2,14-3)15-4/h5,11H,1,6-10H2,2-4H3. The van der Waals surface area contributed by atoms with E-state index < -0.39 is 8.80 Å². The van der Waals surface area contributed by atoms with Gasteiger partial charge in [-0.1, -0.05) is 6.58 Å². The first-order valence-electron chi connectivity index (χ1n) is 5.99. The third-order valence-electron chi connectivity index (χ3n) is 2.83. The molecule has 18 heavy (non-hydrogen) atoms. The summed E-state index contributed by atoms with van der Waals surface area (Å²) in [6.07, 6.45) is 2.76. The van der Waals surface area contributed by atoms with Crippen LogP contribution in [0.1, 0.15) is 6.42 Å². The summed E-state index contributed by atoms with van der Waals surface area (Å²) in [5, 5.41) is 1.71. The molecular weight excluding hydrogens is 254 g/mol. The lowest BCUT2D eigenvalue weighted by Gasteiger charge is -2.25. The van der Waals surface area contributed by atoms with Crippen LogP contribution >= 0.6 is 0 Å². The zero-order valence-electron chi connectivity index (χ0n) is 11.4. The zero-order valence-corrected chi connectivity index (χ0v) is 12.4. The topological polar surface area (TPSA) is 52.7 Å². The van der Waals surface area contributed by atoms with Crippen LogP contribution in [0.25, 0.3) is 0 Å². The lowest BCUT2D eigenvalue weighted by atomic mass is 10.5. The summed E-state index contributed by atoms with van der Waals surface area (Å²) < 4.78 is 21.1. The number of hydrogen-bond donors (Lipinski definition) is 0. The van der Waals surface area contributed by atoms with Gasteiger partial charge in [0.15, 0.2) is 0 Å². The monoisotopic (exact) mass is 277 g/mol. The van der Waals surface area contributed by atoms with E-state index >= 15 is 0 Å². The molecule has 0 aromatic rings. The molecule has 0 amide bonds. The van der Waals surface area contributed by atoms with Crippen LogP contribution in [0.5, 0.6) is 0 Å². The molecule has 0 radical (unpaired) electrons. The average Bonchev–Trinajstić information content (AvgIpc) is 3.23. The van der Waals surface area contributed by atoms with E-state index in [1.165, 1.54) is 0 Å². The summed E-state index contributed by atoms with van der Waals surface area (Å²) in [5.74, 6) is 0. The minimum Gasteiger partial charge on any atom is -0.377 e. The van der Waals surface area contributed by atoms with Crippen LogP contribution in [0.2, 0.25) is 6.04 Å². The fraction of sp³-hybridized carbons (Fsp3) is 0.818. The molecular formula is C11H23NO5Si. The van der Waals surface area contributed by atoms with E-state index in [9.17, 15) is 0 Å². The Morgan fingerprint density at radius 1 is 1.33 bits per heavy atom. The van der Waals surface area contributed by atoms with Crippen molar-refractivity contribution in [3.8, 4) is 0 Å². The fourth-order valence-corrected chi connectivity index (χ4v) is 3.26. The Morgan fingerprint density at radius 3 is 2.39 bits per heavy atom. The average molecular weight is 277 g/mol. The zero-order chi connectivity index (χ0) is 13.4. The van der Waals surface area contributed by atoms with Gasteiger partial charge in [0.1, 0.15) is 12.7 Å². The molecule has 0 N–H and O–H groups in total. The molecule has 0 aromatic heterocycles. The highest BCUT2D eigenvalue weighted by Crippen LogP contribution is 2.16. The van der Waals surface area contributed by atoms with Crippen molar-refractivity contribution < 1.29 is 22.9 Å². The van der Waals surface area contributed by atoms with Crippen molar-refractivity contribution in [3.05, 3.63) is 12.8 Å². The second-order valence-electron chi connectivity index (χ2n) is 3.97. The number of hydroxylamine groups is 2. The molecule has 1 saturated heterocycles. The fourth-order valence-electron chi connectivity index (χ4n) is 1.56. The van der Waals surface area contributed by atoms with Crippen molar-refractivity contribution in [2.45, 2.75) is 18.6 Å². The van der Waals surface area contributed by atoms with E-state index in [-0.39, 0.29) is 6.10 Å². The van der Waals surface area contributed by atoms with Crippen molar-refractivity contribution >= 4 is 8.80 Å². The van der Waals surface area contributed by atoms with Crippen LogP contribution in [0.4, 0.5) is 0 Å².